The molecule has 0 saturated carbocycles. The molecule has 0 heterocycles. The smallest absolute Gasteiger partial charge is 0.272 e. The van der Waals surface area contributed by atoms with E-state index in [1.807, 2.05) is 5.43 Å². The first kappa shape index (κ1) is 13.8. The minimum Gasteiger partial charge on any atom is -0.490 e. The fourth-order valence-electron chi connectivity index (χ4n) is 1.21. The summed E-state index contributed by atoms with van der Waals surface area (Å²) in [6, 6.07) is 3.10. The first-order chi connectivity index (χ1) is 8.54. The Morgan fingerprint density at radius 3 is 2.83 bits per heavy atom. The van der Waals surface area contributed by atoms with Crippen LogP contribution in [0.1, 0.15) is 12.8 Å². The van der Waals surface area contributed by atoms with Crippen LogP contribution in [0, 0.1) is 15.9 Å². The summed E-state index contributed by atoms with van der Waals surface area (Å²) in [6.45, 7) is 0.113. The molecule has 18 heavy (non-hydrogen) atoms. The topological polar surface area (TPSA) is 107 Å². The van der Waals surface area contributed by atoms with Gasteiger partial charge in [-0.25, -0.2) is 10.2 Å². The minimum atomic E-state index is -0.813. The standard InChI is InChI=1S/C10H12FN3O4/c11-8-6-7(14(16)17)3-4-9(8)18-5-1-2-10(15)13-12/h3-4,6H,1-2,5,12H2,(H,13,15). The average molecular weight is 257 g/mol. The summed E-state index contributed by atoms with van der Waals surface area (Å²) in [5.74, 6) is 3.62. The Morgan fingerprint density at radius 1 is 1.56 bits per heavy atom. The zero-order valence-electron chi connectivity index (χ0n) is 9.39. The van der Waals surface area contributed by atoms with Gasteiger partial charge in [-0.2, -0.15) is 0 Å². The second kappa shape index (κ2) is 6.50. The molecule has 1 amide bonds. The third-order valence-electron chi connectivity index (χ3n) is 2.09. The number of halogens is 1. The average Bonchev–Trinajstić information content (AvgIpc) is 2.35. The van der Waals surface area contributed by atoms with Crippen LogP contribution < -0.4 is 16.0 Å². The molecule has 0 aromatic heterocycles. The Labute approximate surface area is 102 Å². The summed E-state index contributed by atoms with van der Waals surface area (Å²) in [4.78, 5) is 20.4. The predicted octanol–water partition coefficient (Wildman–Crippen LogP) is 0.883. The summed E-state index contributed by atoms with van der Waals surface area (Å²) in [5, 5.41) is 10.4. The number of carbonyl (C=O) groups excluding carboxylic acids is 1. The van der Waals surface area contributed by atoms with E-state index in [1.165, 1.54) is 6.07 Å². The molecule has 8 heteroatoms. The maximum atomic E-state index is 13.3. The lowest BCUT2D eigenvalue weighted by molar-refractivity contribution is -0.385. The number of nitrogens with zero attached hydrogens (tertiary/aromatic N) is 1. The molecular formula is C10H12FN3O4. The SMILES string of the molecule is NNC(=O)CCCOc1ccc([N+](=O)[O-])cc1F. The molecule has 0 saturated heterocycles. The Kier molecular flexibility index (Phi) is 5.00. The third kappa shape index (κ3) is 3.98. The second-order valence-electron chi connectivity index (χ2n) is 3.39. The van der Waals surface area contributed by atoms with Gasteiger partial charge in [0.15, 0.2) is 11.6 Å². The van der Waals surface area contributed by atoms with Crippen molar-refractivity contribution in [1.82, 2.24) is 5.43 Å². The molecule has 0 atom stereocenters. The van der Waals surface area contributed by atoms with Gasteiger partial charge in [0.25, 0.3) is 5.69 Å². The van der Waals surface area contributed by atoms with Crippen molar-refractivity contribution in [2.45, 2.75) is 12.8 Å². The van der Waals surface area contributed by atoms with Crippen molar-refractivity contribution in [1.29, 1.82) is 0 Å². The number of amides is 1. The fraction of sp³-hybridized carbons (Fsp3) is 0.300. The summed E-state index contributed by atoms with van der Waals surface area (Å²) < 4.78 is 18.4. The van der Waals surface area contributed by atoms with Crippen LogP contribution in [0.15, 0.2) is 18.2 Å². The molecule has 0 aliphatic rings. The predicted molar refractivity (Wildman–Crippen MR) is 60.1 cm³/mol. The molecule has 0 radical (unpaired) electrons. The van der Waals surface area contributed by atoms with Crippen molar-refractivity contribution in [3.8, 4) is 5.75 Å². The van der Waals surface area contributed by atoms with Gasteiger partial charge in [0.05, 0.1) is 17.6 Å². The highest BCUT2D eigenvalue weighted by Gasteiger charge is 2.11. The monoisotopic (exact) mass is 257 g/mol. The number of nitrogens with two attached hydrogens (primary N) is 1. The van der Waals surface area contributed by atoms with Gasteiger partial charge in [0.2, 0.25) is 5.91 Å². The highest BCUT2D eigenvalue weighted by atomic mass is 19.1. The molecule has 0 fully saturated rings. The Bertz CT molecular complexity index is 453. The highest BCUT2D eigenvalue weighted by molar-refractivity contribution is 5.75. The van der Waals surface area contributed by atoms with E-state index in [2.05, 4.69) is 0 Å². The molecule has 0 spiro atoms. The lowest BCUT2D eigenvalue weighted by Crippen LogP contribution is -2.29. The lowest BCUT2D eigenvalue weighted by atomic mass is 10.3. The van der Waals surface area contributed by atoms with Gasteiger partial charge in [0.1, 0.15) is 0 Å². The first-order valence-electron chi connectivity index (χ1n) is 5.10. The van der Waals surface area contributed by atoms with Crippen LogP contribution in [0.5, 0.6) is 5.75 Å². The molecule has 3 N–H and O–H groups in total. The van der Waals surface area contributed by atoms with E-state index < -0.39 is 10.7 Å². The number of non-ortho nitro benzene ring substituents is 1. The number of rotatable bonds is 6. The number of hydrogen-bond acceptors (Lipinski definition) is 5. The van der Waals surface area contributed by atoms with E-state index in [0.717, 1.165) is 12.1 Å². The van der Waals surface area contributed by atoms with Gasteiger partial charge in [0, 0.05) is 12.5 Å². The summed E-state index contributed by atoms with van der Waals surface area (Å²) >= 11 is 0. The highest BCUT2D eigenvalue weighted by Crippen LogP contribution is 2.22. The number of ether oxygens (including phenoxy) is 1. The van der Waals surface area contributed by atoms with E-state index in [-0.39, 0.29) is 30.4 Å². The Balaban J connectivity index is 2.48. The van der Waals surface area contributed by atoms with Crippen LogP contribution >= 0.6 is 0 Å². The number of nitro groups is 1. The van der Waals surface area contributed by atoms with Crippen molar-refractivity contribution in [2.75, 3.05) is 6.61 Å². The Hall–Kier alpha value is -2.22. The molecule has 1 aromatic carbocycles. The zero-order valence-corrected chi connectivity index (χ0v) is 9.39. The van der Waals surface area contributed by atoms with Gasteiger partial charge in [-0.1, -0.05) is 0 Å². The van der Waals surface area contributed by atoms with Crippen LogP contribution in [0.3, 0.4) is 0 Å². The van der Waals surface area contributed by atoms with E-state index in [9.17, 15) is 19.3 Å². The van der Waals surface area contributed by atoms with Gasteiger partial charge >= 0.3 is 0 Å². The molecule has 7 nitrogen and oxygen atoms in total. The maximum absolute atomic E-state index is 13.3. The zero-order chi connectivity index (χ0) is 13.5. The van der Waals surface area contributed by atoms with Gasteiger partial charge < -0.3 is 4.74 Å². The van der Waals surface area contributed by atoms with Gasteiger partial charge in [-0.3, -0.25) is 20.3 Å². The third-order valence-corrected chi connectivity index (χ3v) is 2.09. The molecule has 1 aromatic rings. The van der Waals surface area contributed by atoms with Crippen LogP contribution in [0.25, 0.3) is 0 Å². The van der Waals surface area contributed by atoms with Crippen molar-refractivity contribution < 1.29 is 18.8 Å². The molecule has 0 bridgehead atoms. The van der Waals surface area contributed by atoms with E-state index >= 15 is 0 Å². The molecule has 0 aliphatic heterocycles. The maximum Gasteiger partial charge on any atom is 0.272 e. The van der Waals surface area contributed by atoms with Crippen molar-refractivity contribution in [3.05, 3.63) is 34.1 Å². The lowest BCUT2D eigenvalue weighted by Gasteiger charge is -2.06. The summed E-state index contributed by atoms with van der Waals surface area (Å²) in [7, 11) is 0. The Morgan fingerprint density at radius 2 is 2.28 bits per heavy atom. The second-order valence-corrected chi connectivity index (χ2v) is 3.39. The van der Waals surface area contributed by atoms with Crippen molar-refractivity contribution in [2.24, 2.45) is 5.84 Å². The van der Waals surface area contributed by atoms with E-state index in [4.69, 9.17) is 10.6 Å². The summed E-state index contributed by atoms with van der Waals surface area (Å²) in [6.07, 6.45) is 0.518. The number of hydrogen-bond donors (Lipinski definition) is 2. The van der Waals surface area contributed by atoms with E-state index in [1.54, 1.807) is 0 Å². The first-order valence-corrected chi connectivity index (χ1v) is 5.10. The number of nitrogens with one attached hydrogen (secondary N) is 1. The van der Waals surface area contributed by atoms with E-state index in [0.29, 0.717) is 6.42 Å². The normalized spacial score (nSPS) is 9.89. The number of carbonyl (C=O) groups is 1. The molecule has 98 valence electrons. The van der Waals surface area contributed by atoms with Crippen LogP contribution in [-0.4, -0.2) is 17.4 Å². The van der Waals surface area contributed by atoms with Gasteiger partial charge in [-0.05, 0) is 12.5 Å². The van der Waals surface area contributed by atoms with Crippen molar-refractivity contribution >= 4 is 11.6 Å². The van der Waals surface area contributed by atoms with Crippen LogP contribution in [-0.2, 0) is 4.79 Å². The molecular weight excluding hydrogens is 245 g/mol. The summed E-state index contributed by atoms with van der Waals surface area (Å²) in [5.41, 5.74) is 1.61. The van der Waals surface area contributed by atoms with Crippen LogP contribution in [0.4, 0.5) is 10.1 Å². The number of nitro benzene ring substituents is 1. The molecule has 0 aliphatic carbocycles. The fourth-order valence-corrected chi connectivity index (χ4v) is 1.21. The molecule has 0 unspecified atom stereocenters. The minimum absolute atomic E-state index is 0.0891. The molecule has 1 rings (SSSR count). The van der Waals surface area contributed by atoms with Gasteiger partial charge in [-0.15, -0.1) is 0 Å². The van der Waals surface area contributed by atoms with Crippen molar-refractivity contribution in [3.63, 3.8) is 0 Å². The quantitative estimate of drug-likeness (QED) is 0.258. The number of benzene rings is 1. The number of hydrazine groups is 1. The largest absolute Gasteiger partial charge is 0.490 e. The van der Waals surface area contributed by atoms with Crippen LogP contribution in [0.2, 0.25) is 0 Å².